The van der Waals surface area contributed by atoms with Crippen molar-refractivity contribution in [3.63, 3.8) is 0 Å². The van der Waals surface area contributed by atoms with Gasteiger partial charge in [-0.3, -0.25) is 4.90 Å². The maximum absolute atomic E-state index is 12.6. The molecule has 31 heavy (non-hydrogen) atoms. The van der Waals surface area contributed by atoms with Gasteiger partial charge < -0.3 is 15.4 Å². The molecular weight excluding hydrogens is 433 g/mol. The maximum atomic E-state index is 12.6. The van der Waals surface area contributed by atoms with Gasteiger partial charge in [-0.25, -0.2) is 4.79 Å². The Morgan fingerprint density at radius 2 is 1.87 bits per heavy atom. The zero-order valence-corrected chi connectivity index (χ0v) is 19.8. The molecule has 1 atom stereocenters. The number of hydrogen-bond acceptors (Lipinski definition) is 3. The van der Waals surface area contributed by atoms with Crippen molar-refractivity contribution < 1.29 is 9.53 Å². The third kappa shape index (κ3) is 6.76. The zero-order valence-electron chi connectivity index (χ0n) is 18.3. The van der Waals surface area contributed by atoms with Crippen LogP contribution in [0.2, 0.25) is 10.0 Å². The largest absolute Gasteiger partial charge is 0.497 e. The number of ether oxygens (including phenoxy) is 1. The fourth-order valence-corrected chi connectivity index (χ4v) is 4.44. The van der Waals surface area contributed by atoms with Crippen LogP contribution in [0.15, 0.2) is 42.5 Å². The normalized spacial score (nSPS) is 16.2. The first kappa shape index (κ1) is 23.7. The molecule has 1 fully saturated rings. The number of carbonyl (C=O) groups is 1. The first-order valence-corrected chi connectivity index (χ1v) is 11.5. The van der Waals surface area contributed by atoms with Crippen LogP contribution in [0.3, 0.4) is 0 Å². The van der Waals surface area contributed by atoms with Crippen LogP contribution >= 0.6 is 23.2 Å². The number of anilines is 1. The highest BCUT2D eigenvalue weighted by atomic mass is 35.5. The molecule has 0 aromatic heterocycles. The average molecular weight is 464 g/mol. The summed E-state index contributed by atoms with van der Waals surface area (Å²) in [5, 5.41) is 7.27. The van der Waals surface area contributed by atoms with E-state index in [-0.39, 0.29) is 12.2 Å². The highest BCUT2D eigenvalue weighted by molar-refractivity contribution is 6.42. The molecule has 2 aromatic carbocycles. The minimum Gasteiger partial charge on any atom is -0.497 e. The minimum absolute atomic E-state index is 0.0171. The van der Waals surface area contributed by atoms with Gasteiger partial charge in [0.25, 0.3) is 0 Å². The van der Waals surface area contributed by atoms with Gasteiger partial charge in [0.2, 0.25) is 0 Å². The van der Waals surface area contributed by atoms with Crippen molar-refractivity contribution in [3.05, 3.63) is 58.1 Å². The molecule has 1 heterocycles. The second-order valence-corrected chi connectivity index (χ2v) is 9.27. The molecule has 168 valence electrons. The number of hydrogen-bond donors (Lipinski definition) is 2. The summed E-state index contributed by atoms with van der Waals surface area (Å²) in [7, 11) is 1.61. The van der Waals surface area contributed by atoms with Crippen LogP contribution < -0.4 is 15.4 Å². The summed E-state index contributed by atoms with van der Waals surface area (Å²) in [4.78, 5) is 15.0. The van der Waals surface area contributed by atoms with Crippen LogP contribution in [-0.2, 0) is 6.42 Å². The van der Waals surface area contributed by atoms with Crippen molar-refractivity contribution in [1.29, 1.82) is 0 Å². The van der Waals surface area contributed by atoms with Gasteiger partial charge in [0.1, 0.15) is 5.75 Å². The summed E-state index contributed by atoms with van der Waals surface area (Å²) in [6.07, 6.45) is 3.16. The smallest absolute Gasteiger partial charge is 0.320 e. The van der Waals surface area contributed by atoms with Crippen LogP contribution in [0.4, 0.5) is 10.5 Å². The number of amides is 2. The lowest BCUT2D eigenvalue weighted by atomic mass is 9.89. The number of rotatable bonds is 7. The van der Waals surface area contributed by atoms with Crippen molar-refractivity contribution in [2.24, 2.45) is 11.8 Å². The van der Waals surface area contributed by atoms with E-state index in [2.05, 4.69) is 35.4 Å². The summed E-state index contributed by atoms with van der Waals surface area (Å²) in [5.74, 6) is 1.61. The number of piperidine rings is 1. The van der Waals surface area contributed by atoms with Crippen molar-refractivity contribution in [2.45, 2.75) is 39.3 Å². The number of urea groups is 1. The molecule has 1 aliphatic heterocycles. The Bertz CT molecular complexity index is 883. The fraction of sp³-hybridized carbons (Fsp3) is 0.458. The Labute approximate surface area is 195 Å². The van der Waals surface area contributed by atoms with Crippen molar-refractivity contribution in [1.82, 2.24) is 10.2 Å². The molecule has 5 nitrogen and oxygen atoms in total. The summed E-state index contributed by atoms with van der Waals surface area (Å²) in [5.41, 5.74) is 1.93. The monoisotopic (exact) mass is 463 g/mol. The summed E-state index contributed by atoms with van der Waals surface area (Å²) in [6.45, 7) is 6.18. The van der Waals surface area contributed by atoms with Gasteiger partial charge in [0, 0.05) is 24.8 Å². The Morgan fingerprint density at radius 1 is 1.13 bits per heavy atom. The SMILES string of the molecule is COc1cccc(NC(=O)N[C@@H](C(C)C)N2CCC(Cc3ccc(Cl)c(Cl)c3)CC2)c1. The van der Waals surface area contributed by atoms with Gasteiger partial charge in [-0.15, -0.1) is 0 Å². The van der Waals surface area contributed by atoms with E-state index in [0.29, 0.717) is 33.3 Å². The van der Waals surface area contributed by atoms with Crippen LogP contribution in [0.1, 0.15) is 32.3 Å². The molecule has 0 unspecified atom stereocenters. The molecule has 0 spiro atoms. The molecule has 2 amide bonds. The average Bonchev–Trinajstić information content (AvgIpc) is 2.75. The van der Waals surface area contributed by atoms with E-state index in [4.69, 9.17) is 27.9 Å². The Hall–Kier alpha value is -1.95. The van der Waals surface area contributed by atoms with E-state index < -0.39 is 0 Å². The lowest BCUT2D eigenvalue weighted by Gasteiger charge is -2.39. The second-order valence-electron chi connectivity index (χ2n) is 8.45. The van der Waals surface area contributed by atoms with Crippen LogP contribution in [-0.4, -0.2) is 37.3 Å². The van der Waals surface area contributed by atoms with Gasteiger partial charge in [-0.2, -0.15) is 0 Å². The predicted octanol–water partition coefficient (Wildman–Crippen LogP) is 6.06. The number of nitrogens with one attached hydrogen (secondary N) is 2. The van der Waals surface area contributed by atoms with Crippen molar-refractivity contribution in [2.75, 3.05) is 25.5 Å². The maximum Gasteiger partial charge on any atom is 0.320 e. The van der Waals surface area contributed by atoms with Gasteiger partial charge >= 0.3 is 6.03 Å². The Morgan fingerprint density at radius 3 is 2.52 bits per heavy atom. The number of halogens is 2. The molecular formula is C24H31Cl2N3O2. The van der Waals surface area contributed by atoms with E-state index in [0.717, 1.165) is 32.4 Å². The van der Waals surface area contributed by atoms with Gasteiger partial charge in [0.05, 0.1) is 23.3 Å². The van der Waals surface area contributed by atoms with Crippen molar-refractivity contribution in [3.8, 4) is 5.75 Å². The molecule has 2 N–H and O–H groups in total. The lowest BCUT2D eigenvalue weighted by molar-refractivity contribution is 0.0888. The fourth-order valence-electron chi connectivity index (χ4n) is 4.12. The highest BCUT2D eigenvalue weighted by Gasteiger charge is 2.28. The molecule has 7 heteroatoms. The van der Waals surface area contributed by atoms with Crippen LogP contribution in [0.5, 0.6) is 5.75 Å². The third-order valence-corrected chi connectivity index (χ3v) is 6.53. The van der Waals surface area contributed by atoms with E-state index in [1.165, 1.54) is 5.56 Å². The predicted molar refractivity (Wildman–Crippen MR) is 128 cm³/mol. The lowest BCUT2D eigenvalue weighted by Crippen LogP contribution is -2.54. The highest BCUT2D eigenvalue weighted by Crippen LogP contribution is 2.28. The first-order valence-electron chi connectivity index (χ1n) is 10.7. The second kappa shape index (κ2) is 11.1. The van der Waals surface area contributed by atoms with E-state index in [1.807, 2.05) is 30.3 Å². The van der Waals surface area contributed by atoms with Crippen LogP contribution in [0.25, 0.3) is 0 Å². The Kier molecular flexibility index (Phi) is 8.47. The standard InChI is InChI=1S/C24H31Cl2N3O2/c1-16(2)23(28-24(30)27-19-5-4-6-20(15-19)31-3)29-11-9-17(10-12-29)13-18-7-8-21(25)22(26)14-18/h4-8,14-17,23H,9-13H2,1-3H3,(H2,27,28,30)/t23-/m1/s1. The number of nitrogens with zero attached hydrogens (tertiary/aromatic N) is 1. The van der Waals surface area contributed by atoms with E-state index in [1.54, 1.807) is 13.2 Å². The molecule has 0 saturated carbocycles. The van der Waals surface area contributed by atoms with Gasteiger partial charge in [-0.1, -0.05) is 49.2 Å². The number of methoxy groups -OCH3 is 1. The number of benzene rings is 2. The molecule has 1 aliphatic rings. The topological polar surface area (TPSA) is 53.6 Å². The third-order valence-electron chi connectivity index (χ3n) is 5.79. The summed E-state index contributed by atoms with van der Waals surface area (Å²) in [6, 6.07) is 13.0. The molecule has 0 bridgehead atoms. The Balaban J connectivity index is 1.53. The molecule has 2 aromatic rings. The molecule has 0 radical (unpaired) electrons. The zero-order chi connectivity index (χ0) is 22.4. The summed E-state index contributed by atoms with van der Waals surface area (Å²) < 4.78 is 5.22. The van der Waals surface area contributed by atoms with E-state index in [9.17, 15) is 4.79 Å². The number of carbonyl (C=O) groups excluding carboxylic acids is 1. The van der Waals surface area contributed by atoms with Gasteiger partial charge in [-0.05, 0) is 60.9 Å². The van der Waals surface area contributed by atoms with Crippen LogP contribution in [0, 0.1) is 11.8 Å². The minimum atomic E-state index is -0.204. The van der Waals surface area contributed by atoms with E-state index >= 15 is 0 Å². The van der Waals surface area contributed by atoms with Crippen molar-refractivity contribution >= 4 is 34.9 Å². The molecule has 3 rings (SSSR count). The molecule has 1 saturated heterocycles. The quantitative estimate of drug-likeness (QED) is 0.524. The van der Waals surface area contributed by atoms with Gasteiger partial charge in [0.15, 0.2) is 0 Å². The number of likely N-dealkylation sites (tertiary alicyclic amines) is 1. The summed E-state index contributed by atoms with van der Waals surface area (Å²) >= 11 is 12.2. The first-order chi connectivity index (χ1) is 14.9. The molecule has 0 aliphatic carbocycles.